The molecule has 29 heavy (non-hydrogen) atoms. The highest BCUT2D eigenvalue weighted by Crippen LogP contribution is 2.52. The number of alkyl halides is 2. The quantitative estimate of drug-likeness (QED) is 0.361. The zero-order valence-electron chi connectivity index (χ0n) is 15.5. The molecule has 0 unspecified atom stereocenters. The van der Waals surface area contributed by atoms with E-state index in [4.69, 9.17) is 34.3 Å². The number of carbonyl (C=O) groups is 3. The van der Waals surface area contributed by atoms with Crippen LogP contribution in [0.5, 0.6) is 0 Å². The molecular formula is C19H21Cl2N5O3. The van der Waals surface area contributed by atoms with Gasteiger partial charge >= 0.3 is 0 Å². The Kier molecular flexibility index (Phi) is 6.14. The van der Waals surface area contributed by atoms with Crippen LogP contribution in [0.2, 0.25) is 0 Å². The third-order valence-corrected chi connectivity index (χ3v) is 5.83. The second kappa shape index (κ2) is 8.42. The molecule has 2 atom stereocenters. The van der Waals surface area contributed by atoms with Gasteiger partial charge in [0.1, 0.15) is 16.1 Å². The highest BCUT2D eigenvalue weighted by atomic mass is 35.5. The number of nitrogens with two attached hydrogens (primary N) is 1. The molecular weight excluding hydrogens is 417 g/mol. The summed E-state index contributed by atoms with van der Waals surface area (Å²) in [5.41, 5.74) is 5.56. The average Bonchev–Trinajstić information content (AvgIpc) is 3.07. The third-order valence-electron chi connectivity index (χ3n) is 4.90. The number of hydrogen-bond acceptors (Lipinski definition) is 5. The van der Waals surface area contributed by atoms with E-state index < -0.39 is 16.3 Å². The van der Waals surface area contributed by atoms with Crippen molar-refractivity contribution < 1.29 is 14.4 Å². The Morgan fingerprint density at radius 3 is 2.62 bits per heavy atom. The summed E-state index contributed by atoms with van der Waals surface area (Å²) in [6.07, 6.45) is 4.38. The predicted octanol–water partition coefficient (Wildman–Crippen LogP) is 1.38. The Morgan fingerprint density at radius 1 is 1.28 bits per heavy atom. The van der Waals surface area contributed by atoms with Crippen LogP contribution < -0.4 is 16.4 Å². The number of primary amides is 1. The summed E-state index contributed by atoms with van der Waals surface area (Å²) in [7, 11) is 0. The molecule has 8 nitrogen and oxygen atoms in total. The Hall–Kier alpha value is -2.58. The molecule has 10 heteroatoms. The van der Waals surface area contributed by atoms with Gasteiger partial charge in [-0.15, -0.1) is 23.2 Å². The number of nitrogens with zero attached hydrogens (tertiary/aromatic N) is 1. The van der Waals surface area contributed by atoms with Gasteiger partial charge in [0.25, 0.3) is 5.91 Å². The second-order valence-electron chi connectivity index (χ2n) is 6.98. The molecule has 1 aliphatic carbocycles. The SMILES string of the molecule is N=C(C(N)=O)c1ccccc1NCC(=O)N1C=CC[C@H]1C(=O)NC[C@H]1CC1(Cl)Cl. The molecule has 0 aromatic heterocycles. The molecule has 3 rings (SSSR count). The Morgan fingerprint density at radius 2 is 1.97 bits per heavy atom. The lowest BCUT2D eigenvalue weighted by Gasteiger charge is -2.24. The molecule has 1 aliphatic heterocycles. The fraction of sp³-hybridized carbons (Fsp3) is 0.368. The van der Waals surface area contributed by atoms with Gasteiger partial charge in [0.15, 0.2) is 0 Å². The summed E-state index contributed by atoms with van der Waals surface area (Å²) in [4.78, 5) is 37.8. The normalized spacial score (nSPS) is 21.5. The molecule has 1 fully saturated rings. The van der Waals surface area contributed by atoms with E-state index in [1.165, 1.54) is 4.90 Å². The summed E-state index contributed by atoms with van der Waals surface area (Å²) < 4.78 is -0.771. The van der Waals surface area contributed by atoms with Gasteiger partial charge in [-0.05, 0) is 18.9 Å². The van der Waals surface area contributed by atoms with Gasteiger partial charge in [-0.25, -0.2) is 0 Å². The van der Waals surface area contributed by atoms with Crippen molar-refractivity contribution in [1.29, 1.82) is 5.41 Å². The monoisotopic (exact) mass is 437 g/mol. The zero-order valence-corrected chi connectivity index (χ0v) is 17.0. The zero-order chi connectivity index (χ0) is 21.2. The number of nitrogens with one attached hydrogen (secondary N) is 3. The van der Waals surface area contributed by atoms with Gasteiger partial charge in [0, 0.05) is 29.9 Å². The first-order chi connectivity index (χ1) is 13.7. The molecule has 1 aromatic rings. The molecule has 1 saturated carbocycles. The first-order valence-corrected chi connectivity index (χ1v) is 9.81. The van der Waals surface area contributed by atoms with Crippen LogP contribution in [0, 0.1) is 11.3 Å². The van der Waals surface area contributed by atoms with E-state index in [0.29, 0.717) is 30.6 Å². The van der Waals surface area contributed by atoms with Gasteiger partial charge in [-0.2, -0.15) is 0 Å². The lowest BCUT2D eigenvalue weighted by Crippen LogP contribution is -2.47. The van der Waals surface area contributed by atoms with Gasteiger partial charge in [0.2, 0.25) is 11.8 Å². The van der Waals surface area contributed by atoms with Gasteiger partial charge in [-0.3, -0.25) is 19.8 Å². The van der Waals surface area contributed by atoms with E-state index in [2.05, 4.69) is 10.6 Å². The smallest absolute Gasteiger partial charge is 0.267 e. The van der Waals surface area contributed by atoms with Crippen molar-refractivity contribution in [2.75, 3.05) is 18.4 Å². The van der Waals surface area contributed by atoms with Crippen LogP contribution in [0.1, 0.15) is 18.4 Å². The molecule has 2 aliphatic rings. The van der Waals surface area contributed by atoms with E-state index in [0.717, 1.165) is 0 Å². The molecule has 0 radical (unpaired) electrons. The standard InChI is InChI=1S/C19H21Cl2N5O3/c20-19(21)8-11(19)9-25-18(29)14-6-3-7-26(14)15(27)10-24-13-5-2-1-4-12(13)16(22)17(23)28/h1-5,7,11,14,22,24H,6,8-10H2,(H2,23,28)(H,25,29)/t11-,14+/m1/s1. The lowest BCUT2D eigenvalue weighted by atomic mass is 10.1. The molecule has 0 spiro atoms. The van der Waals surface area contributed by atoms with Crippen molar-refractivity contribution in [2.45, 2.75) is 23.2 Å². The van der Waals surface area contributed by atoms with Crippen LogP contribution in [0.25, 0.3) is 0 Å². The summed E-state index contributed by atoms with van der Waals surface area (Å²) in [5.74, 6) is -1.43. The second-order valence-corrected chi connectivity index (χ2v) is 8.53. The molecule has 0 saturated heterocycles. The maximum atomic E-state index is 12.6. The minimum atomic E-state index is -0.863. The largest absolute Gasteiger partial charge is 0.376 e. The number of hydrogen-bond donors (Lipinski definition) is 4. The Balaban J connectivity index is 1.57. The third kappa shape index (κ3) is 4.89. The van der Waals surface area contributed by atoms with Crippen LogP contribution in [-0.4, -0.2) is 51.8 Å². The molecule has 1 heterocycles. The summed E-state index contributed by atoms with van der Waals surface area (Å²) in [6, 6.07) is 5.95. The molecule has 154 valence electrons. The minimum absolute atomic E-state index is 0.0204. The van der Waals surface area contributed by atoms with Crippen molar-refractivity contribution in [3.63, 3.8) is 0 Å². The van der Waals surface area contributed by atoms with Crippen LogP contribution in [-0.2, 0) is 14.4 Å². The van der Waals surface area contributed by atoms with Crippen molar-refractivity contribution in [3.8, 4) is 0 Å². The summed E-state index contributed by atoms with van der Waals surface area (Å²) >= 11 is 11.9. The topological polar surface area (TPSA) is 128 Å². The summed E-state index contributed by atoms with van der Waals surface area (Å²) in [6.45, 7) is 0.248. The maximum Gasteiger partial charge on any atom is 0.267 e. The highest BCUT2D eigenvalue weighted by Gasteiger charge is 2.51. The van der Waals surface area contributed by atoms with E-state index in [-0.39, 0.29) is 30.0 Å². The predicted molar refractivity (Wildman–Crippen MR) is 111 cm³/mol. The van der Waals surface area contributed by atoms with E-state index in [9.17, 15) is 14.4 Å². The first kappa shape index (κ1) is 21.1. The molecule has 0 bridgehead atoms. The number of benzene rings is 1. The number of para-hydroxylation sites is 1. The highest BCUT2D eigenvalue weighted by molar-refractivity contribution is 6.50. The fourth-order valence-electron chi connectivity index (χ4n) is 3.09. The van der Waals surface area contributed by atoms with Gasteiger partial charge < -0.3 is 21.3 Å². The fourth-order valence-corrected chi connectivity index (χ4v) is 3.62. The van der Waals surface area contributed by atoms with E-state index >= 15 is 0 Å². The number of halogens is 2. The number of anilines is 1. The minimum Gasteiger partial charge on any atom is -0.376 e. The summed E-state index contributed by atoms with van der Waals surface area (Å²) in [5, 5.41) is 13.5. The molecule has 5 N–H and O–H groups in total. The van der Waals surface area contributed by atoms with Crippen LogP contribution in [0.15, 0.2) is 36.5 Å². The van der Waals surface area contributed by atoms with Crippen molar-refractivity contribution >= 4 is 52.3 Å². The molecule has 3 amide bonds. The van der Waals surface area contributed by atoms with Crippen molar-refractivity contribution in [1.82, 2.24) is 10.2 Å². The Labute approximate surface area is 177 Å². The number of rotatable bonds is 8. The number of carbonyl (C=O) groups excluding carboxylic acids is 3. The Bertz CT molecular complexity index is 886. The van der Waals surface area contributed by atoms with Crippen LogP contribution in [0.4, 0.5) is 5.69 Å². The van der Waals surface area contributed by atoms with E-state index in [1.54, 1.807) is 36.5 Å². The maximum absolute atomic E-state index is 12.6. The van der Waals surface area contributed by atoms with E-state index in [1.807, 2.05) is 0 Å². The average molecular weight is 438 g/mol. The van der Waals surface area contributed by atoms with Crippen molar-refractivity contribution in [2.24, 2.45) is 11.7 Å². The number of amides is 3. The van der Waals surface area contributed by atoms with Crippen molar-refractivity contribution in [3.05, 3.63) is 42.1 Å². The molecule has 1 aromatic carbocycles. The first-order valence-electron chi connectivity index (χ1n) is 9.05. The lowest BCUT2D eigenvalue weighted by molar-refractivity contribution is -0.135. The van der Waals surface area contributed by atoms with Crippen LogP contribution in [0.3, 0.4) is 0 Å². The van der Waals surface area contributed by atoms with Crippen LogP contribution >= 0.6 is 23.2 Å². The van der Waals surface area contributed by atoms with Gasteiger partial charge in [-0.1, -0.05) is 24.3 Å². The van der Waals surface area contributed by atoms with Gasteiger partial charge in [0.05, 0.1) is 6.54 Å².